The molecular formula is C17H18N2O2S2. The topological polar surface area (TPSA) is 59.1 Å². The van der Waals surface area contributed by atoms with Crippen LogP contribution in [0.3, 0.4) is 0 Å². The quantitative estimate of drug-likeness (QED) is 0.783. The Balaban J connectivity index is 1.87. The second-order valence-electron chi connectivity index (χ2n) is 5.63. The van der Waals surface area contributed by atoms with Crippen LogP contribution in [0, 0.1) is 20.8 Å². The lowest BCUT2D eigenvalue weighted by Gasteiger charge is -2.12. The summed E-state index contributed by atoms with van der Waals surface area (Å²) in [6.07, 6.45) is 0. The third-order valence-electron chi connectivity index (χ3n) is 3.62. The molecule has 0 saturated carbocycles. The summed E-state index contributed by atoms with van der Waals surface area (Å²) in [5.41, 5.74) is 3.48. The molecule has 2 aromatic carbocycles. The predicted octanol–water partition coefficient (Wildman–Crippen LogP) is 3.70. The lowest BCUT2D eigenvalue weighted by atomic mass is 10.1. The van der Waals surface area contributed by atoms with Crippen molar-refractivity contribution in [1.82, 2.24) is 9.71 Å². The number of rotatable bonds is 4. The molecule has 0 amide bonds. The third-order valence-corrected chi connectivity index (χ3v) is 6.37. The van der Waals surface area contributed by atoms with E-state index in [0.29, 0.717) is 4.90 Å². The standard InChI is InChI=1S/C17H18N2O2S2/c1-11-8-12(2)17(13(3)9-11)23(20,21)18-10-16-19-14-6-4-5-7-15(14)22-16/h4-9,18H,10H2,1-3H3. The Morgan fingerprint density at radius 1 is 1.09 bits per heavy atom. The summed E-state index contributed by atoms with van der Waals surface area (Å²) in [5, 5.41) is 0.761. The average molecular weight is 346 g/mol. The van der Waals surface area contributed by atoms with Gasteiger partial charge in [0.15, 0.2) is 0 Å². The van der Waals surface area contributed by atoms with E-state index in [1.54, 1.807) is 0 Å². The lowest BCUT2D eigenvalue weighted by Crippen LogP contribution is -2.24. The van der Waals surface area contributed by atoms with Gasteiger partial charge in [-0.1, -0.05) is 29.8 Å². The fraction of sp³-hybridized carbons (Fsp3) is 0.235. The van der Waals surface area contributed by atoms with Gasteiger partial charge in [0, 0.05) is 0 Å². The van der Waals surface area contributed by atoms with Crippen LogP contribution >= 0.6 is 11.3 Å². The third kappa shape index (κ3) is 3.29. The van der Waals surface area contributed by atoms with Crippen LogP contribution in [0.1, 0.15) is 21.7 Å². The Morgan fingerprint density at radius 2 is 1.74 bits per heavy atom. The van der Waals surface area contributed by atoms with Gasteiger partial charge in [-0.2, -0.15) is 0 Å². The molecule has 3 rings (SSSR count). The zero-order chi connectivity index (χ0) is 16.6. The highest BCUT2D eigenvalue weighted by Gasteiger charge is 2.20. The van der Waals surface area contributed by atoms with Crippen molar-refractivity contribution in [2.75, 3.05) is 0 Å². The number of para-hydroxylation sites is 1. The van der Waals surface area contributed by atoms with Crippen LogP contribution in [0.15, 0.2) is 41.3 Å². The molecule has 6 heteroatoms. The largest absolute Gasteiger partial charge is 0.241 e. The number of nitrogens with zero attached hydrogens (tertiary/aromatic N) is 1. The molecule has 0 radical (unpaired) electrons. The molecule has 120 valence electrons. The molecule has 4 nitrogen and oxygen atoms in total. The van der Waals surface area contributed by atoms with E-state index < -0.39 is 10.0 Å². The molecule has 0 aliphatic heterocycles. The van der Waals surface area contributed by atoms with E-state index in [9.17, 15) is 8.42 Å². The Bertz CT molecular complexity index is 919. The van der Waals surface area contributed by atoms with Gasteiger partial charge in [0.05, 0.1) is 21.7 Å². The van der Waals surface area contributed by atoms with Crippen molar-refractivity contribution in [2.24, 2.45) is 0 Å². The highest BCUT2D eigenvalue weighted by molar-refractivity contribution is 7.89. The number of thiazole rings is 1. The highest BCUT2D eigenvalue weighted by atomic mass is 32.2. The fourth-order valence-electron chi connectivity index (χ4n) is 2.82. The van der Waals surface area contributed by atoms with Crippen LogP contribution in [-0.4, -0.2) is 13.4 Å². The van der Waals surface area contributed by atoms with Crippen LogP contribution in [0.25, 0.3) is 10.2 Å². The number of sulfonamides is 1. The minimum Gasteiger partial charge on any atom is -0.240 e. The van der Waals surface area contributed by atoms with Crippen molar-refractivity contribution in [2.45, 2.75) is 32.2 Å². The molecular weight excluding hydrogens is 328 g/mol. The minimum absolute atomic E-state index is 0.203. The Hall–Kier alpha value is -1.76. The molecule has 0 fully saturated rings. The van der Waals surface area contributed by atoms with E-state index in [0.717, 1.165) is 31.9 Å². The van der Waals surface area contributed by atoms with Crippen LogP contribution in [0.4, 0.5) is 0 Å². The normalized spacial score (nSPS) is 12.0. The van der Waals surface area contributed by atoms with Crippen molar-refractivity contribution in [3.8, 4) is 0 Å². The molecule has 1 aromatic heterocycles. The number of nitrogens with one attached hydrogen (secondary N) is 1. The lowest BCUT2D eigenvalue weighted by molar-refractivity contribution is 0.580. The summed E-state index contributed by atoms with van der Waals surface area (Å²) in [6, 6.07) is 11.6. The number of benzene rings is 2. The van der Waals surface area contributed by atoms with Crippen molar-refractivity contribution in [1.29, 1.82) is 0 Å². The summed E-state index contributed by atoms with van der Waals surface area (Å²) in [4.78, 5) is 4.83. The molecule has 0 saturated heterocycles. The van der Waals surface area contributed by atoms with Gasteiger partial charge in [0.25, 0.3) is 0 Å². The molecule has 0 unspecified atom stereocenters. The van der Waals surface area contributed by atoms with Crippen LogP contribution < -0.4 is 4.72 Å². The van der Waals surface area contributed by atoms with Gasteiger partial charge in [-0.3, -0.25) is 0 Å². The van der Waals surface area contributed by atoms with E-state index >= 15 is 0 Å². The number of hydrogen-bond donors (Lipinski definition) is 1. The predicted molar refractivity (Wildman–Crippen MR) is 94.3 cm³/mol. The minimum atomic E-state index is -3.56. The molecule has 3 aromatic rings. The summed E-state index contributed by atoms with van der Waals surface area (Å²) in [7, 11) is -3.56. The maximum absolute atomic E-state index is 12.6. The van der Waals surface area contributed by atoms with Crippen LogP contribution in [-0.2, 0) is 16.6 Å². The van der Waals surface area contributed by atoms with Gasteiger partial charge in [0.1, 0.15) is 5.01 Å². The monoisotopic (exact) mass is 346 g/mol. The SMILES string of the molecule is Cc1cc(C)c(S(=O)(=O)NCc2nc3ccccc3s2)c(C)c1. The number of hydrogen-bond acceptors (Lipinski definition) is 4. The first kappa shape index (κ1) is 16.1. The highest BCUT2D eigenvalue weighted by Crippen LogP contribution is 2.24. The zero-order valence-electron chi connectivity index (χ0n) is 13.3. The van der Waals surface area contributed by atoms with Crippen molar-refractivity contribution in [3.63, 3.8) is 0 Å². The molecule has 0 bridgehead atoms. The second-order valence-corrected chi connectivity index (χ2v) is 8.45. The van der Waals surface area contributed by atoms with Crippen molar-refractivity contribution >= 4 is 31.6 Å². The molecule has 0 aliphatic carbocycles. The number of aryl methyl sites for hydroxylation is 3. The zero-order valence-corrected chi connectivity index (χ0v) is 14.9. The molecule has 0 aliphatic rings. The Kier molecular flexibility index (Phi) is 4.23. The molecule has 23 heavy (non-hydrogen) atoms. The van der Waals surface area contributed by atoms with Gasteiger partial charge < -0.3 is 0 Å². The maximum atomic E-state index is 12.6. The van der Waals surface area contributed by atoms with Crippen molar-refractivity contribution < 1.29 is 8.42 Å². The summed E-state index contributed by atoms with van der Waals surface area (Å²) >= 11 is 1.51. The summed E-state index contributed by atoms with van der Waals surface area (Å²) < 4.78 is 29.0. The molecule has 1 N–H and O–H groups in total. The van der Waals surface area contributed by atoms with Crippen LogP contribution in [0.5, 0.6) is 0 Å². The first-order chi connectivity index (χ1) is 10.9. The maximum Gasteiger partial charge on any atom is 0.241 e. The second kappa shape index (κ2) is 6.03. The summed E-state index contributed by atoms with van der Waals surface area (Å²) in [5.74, 6) is 0. The van der Waals surface area contributed by atoms with Crippen molar-refractivity contribution in [3.05, 3.63) is 58.1 Å². The van der Waals surface area contributed by atoms with Gasteiger partial charge in [0.2, 0.25) is 10.0 Å². The summed E-state index contributed by atoms with van der Waals surface area (Å²) in [6.45, 7) is 5.82. The van der Waals surface area contributed by atoms with E-state index in [-0.39, 0.29) is 6.54 Å². The Labute approximate surface area is 140 Å². The van der Waals surface area contributed by atoms with Gasteiger partial charge in [-0.25, -0.2) is 18.1 Å². The Morgan fingerprint density at radius 3 is 2.39 bits per heavy atom. The van der Waals surface area contributed by atoms with E-state index in [1.807, 2.05) is 57.2 Å². The number of aromatic nitrogens is 1. The van der Waals surface area contributed by atoms with Gasteiger partial charge in [-0.05, 0) is 44.0 Å². The van der Waals surface area contributed by atoms with E-state index in [2.05, 4.69) is 9.71 Å². The van der Waals surface area contributed by atoms with Gasteiger partial charge in [-0.15, -0.1) is 11.3 Å². The first-order valence-electron chi connectivity index (χ1n) is 7.29. The van der Waals surface area contributed by atoms with E-state index in [1.165, 1.54) is 11.3 Å². The molecule has 0 spiro atoms. The molecule has 1 heterocycles. The first-order valence-corrected chi connectivity index (χ1v) is 9.59. The molecule has 0 atom stereocenters. The van der Waals surface area contributed by atoms with E-state index in [4.69, 9.17) is 0 Å². The van der Waals surface area contributed by atoms with Gasteiger partial charge >= 0.3 is 0 Å². The fourth-order valence-corrected chi connectivity index (χ4v) is 5.25. The number of fused-ring (bicyclic) bond motifs is 1. The van der Waals surface area contributed by atoms with Crippen LogP contribution in [0.2, 0.25) is 0 Å². The smallest absolute Gasteiger partial charge is 0.240 e. The average Bonchev–Trinajstić information content (AvgIpc) is 2.86.